The van der Waals surface area contributed by atoms with Crippen LogP contribution in [0.2, 0.25) is 5.02 Å². The van der Waals surface area contributed by atoms with Crippen LogP contribution in [-0.4, -0.2) is 9.78 Å². The summed E-state index contributed by atoms with van der Waals surface area (Å²) in [5.74, 6) is 0. The second-order valence-electron chi connectivity index (χ2n) is 5.34. The van der Waals surface area contributed by atoms with Crippen molar-refractivity contribution in [2.45, 2.75) is 38.1 Å². The molecular weight excluding hydrogens is 270 g/mol. The lowest BCUT2D eigenvalue weighted by Gasteiger charge is -2.21. The molecule has 0 unspecified atom stereocenters. The maximum atomic E-state index is 9.01. The summed E-state index contributed by atoms with van der Waals surface area (Å²) in [6.45, 7) is 0. The van der Waals surface area contributed by atoms with Crippen molar-refractivity contribution in [2.75, 3.05) is 0 Å². The van der Waals surface area contributed by atoms with Crippen LogP contribution in [0.25, 0.3) is 11.1 Å². The van der Waals surface area contributed by atoms with Crippen molar-refractivity contribution < 1.29 is 0 Å². The third kappa shape index (κ3) is 2.71. The molecule has 0 radical (unpaired) electrons. The predicted octanol–water partition coefficient (Wildman–Crippen LogP) is 4.58. The highest BCUT2D eigenvalue weighted by atomic mass is 35.5. The minimum atomic E-state index is 0.520. The third-order valence-corrected chi connectivity index (χ3v) is 4.13. The number of aromatic nitrogens is 2. The van der Waals surface area contributed by atoms with E-state index in [4.69, 9.17) is 16.9 Å². The fraction of sp³-hybridized carbons (Fsp3) is 0.375. The first-order valence-corrected chi connectivity index (χ1v) is 7.39. The Kier molecular flexibility index (Phi) is 3.75. The molecule has 1 heterocycles. The van der Waals surface area contributed by atoms with Gasteiger partial charge >= 0.3 is 0 Å². The van der Waals surface area contributed by atoms with Gasteiger partial charge in [0.25, 0.3) is 0 Å². The van der Waals surface area contributed by atoms with Gasteiger partial charge in [0.15, 0.2) is 0 Å². The number of rotatable bonds is 2. The number of halogens is 1. The van der Waals surface area contributed by atoms with Gasteiger partial charge in [0.2, 0.25) is 0 Å². The van der Waals surface area contributed by atoms with Crippen LogP contribution in [0.4, 0.5) is 0 Å². The molecule has 0 aliphatic heterocycles. The second kappa shape index (κ2) is 5.68. The largest absolute Gasteiger partial charge is 0.269 e. The van der Waals surface area contributed by atoms with Crippen molar-refractivity contribution in [3.8, 4) is 17.2 Å². The standard InChI is InChI=1S/C16H16ClN3/c17-15-7-12(9-18)6-13(8-15)14-10-19-20(11-14)16-4-2-1-3-5-16/h6-8,10-11,16H,1-5H2. The van der Waals surface area contributed by atoms with E-state index in [1.54, 1.807) is 6.07 Å². The summed E-state index contributed by atoms with van der Waals surface area (Å²) in [7, 11) is 0. The highest BCUT2D eigenvalue weighted by molar-refractivity contribution is 6.31. The highest BCUT2D eigenvalue weighted by Crippen LogP contribution is 2.30. The molecule has 1 aliphatic rings. The van der Waals surface area contributed by atoms with Crippen molar-refractivity contribution in [3.63, 3.8) is 0 Å². The smallest absolute Gasteiger partial charge is 0.0992 e. The van der Waals surface area contributed by atoms with Crippen LogP contribution in [0.15, 0.2) is 30.6 Å². The predicted molar refractivity (Wildman–Crippen MR) is 79.5 cm³/mol. The molecule has 0 spiro atoms. The van der Waals surface area contributed by atoms with Crippen molar-refractivity contribution in [1.29, 1.82) is 5.26 Å². The van der Waals surface area contributed by atoms with Gasteiger partial charge in [-0.3, -0.25) is 4.68 Å². The van der Waals surface area contributed by atoms with Crippen LogP contribution >= 0.6 is 11.6 Å². The molecule has 0 bridgehead atoms. The quantitative estimate of drug-likeness (QED) is 0.810. The minimum Gasteiger partial charge on any atom is -0.269 e. The van der Waals surface area contributed by atoms with Gasteiger partial charge in [-0.2, -0.15) is 10.4 Å². The van der Waals surface area contributed by atoms with Crippen LogP contribution in [0.1, 0.15) is 43.7 Å². The van der Waals surface area contributed by atoms with E-state index in [2.05, 4.69) is 22.0 Å². The highest BCUT2D eigenvalue weighted by Gasteiger charge is 2.16. The molecule has 1 fully saturated rings. The summed E-state index contributed by atoms with van der Waals surface area (Å²) in [6, 6.07) is 8.07. The van der Waals surface area contributed by atoms with E-state index in [9.17, 15) is 0 Å². The Morgan fingerprint density at radius 1 is 1.15 bits per heavy atom. The first-order chi connectivity index (χ1) is 9.76. The lowest BCUT2D eigenvalue weighted by atomic mass is 9.96. The van der Waals surface area contributed by atoms with E-state index >= 15 is 0 Å². The Hall–Kier alpha value is -1.79. The van der Waals surface area contributed by atoms with Crippen LogP contribution in [0, 0.1) is 11.3 Å². The third-order valence-electron chi connectivity index (χ3n) is 3.91. The van der Waals surface area contributed by atoms with Crippen molar-refractivity contribution in [1.82, 2.24) is 9.78 Å². The molecule has 0 amide bonds. The molecule has 1 aromatic carbocycles. The van der Waals surface area contributed by atoms with Gasteiger partial charge in [0.05, 0.1) is 23.9 Å². The molecule has 2 aromatic rings. The van der Waals surface area contributed by atoms with E-state index in [1.807, 2.05) is 18.3 Å². The number of hydrogen-bond acceptors (Lipinski definition) is 2. The number of nitriles is 1. The zero-order valence-corrected chi connectivity index (χ0v) is 12.0. The summed E-state index contributed by atoms with van der Waals surface area (Å²) < 4.78 is 2.07. The number of nitrogens with zero attached hydrogens (tertiary/aromatic N) is 3. The summed E-state index contributed by atoms with van der Waals surface area (Å²) in [5, 5.41) is 14.1. The molecule has 3 nitrogen and oxygen atoms in total. The molecule has 0 atom stereocenters. The zero-order valence-electron chi connectivity index (χ0n) is 11.2. The molecule has 1 saturated carbocycles. The minimum absolute atomic E-state index is 0.520. The summed E-state index contributed by atoms with van der Waals surface area (Å²) in [5.41, 5.74) is 2.56. The maximum Gasteiger partial charge on any atom is 0.0992 e. The zero-order chi connectivity index (χ0) is 13.9. The van der Waals surface area contributed by atoms with Gasteiger partial charge in [0.1, 0.15) is 0 Å². The van der Waals surface area contributed by atoms with E-state index in [-0.39, 0.29) is 0 Å². The lowest BCUT2D eigenvalue weighted by Crippen LogP contribution is -2.12. The SMILES string of the molecule is N#Cc1cc(Cl)cc(-c2cnn(C3CCCCC3)c2)c1. The van der Waals surface area contributed by atoms with Gasteiger partial charge in [-0.25, -0.2) is 0 Å². The van der Waals surface area contributed by atoms with Gasteiger partial charge in [-0.1, -0.05) is 30.9 Å². The van der Waals surface area contributed by atoms with E-state index < -0.39 is 0 Å². The Morgan fingerprint density at radius 2 is 1.95 bits per heavy atom. The number of benzene rings is 1. The van der Waals surface area contributed by atoms with Crippen molar-refractivity contribution in [2.24, 2.45) is 0 Å². The van der Waals surface area contributed by atoms with Crippen LogP contribution in [0.3, 0.4) is 0 Å². The van der Waals surface area contributed by atoms with Crippen molar-refractivity contribution in [3.05, 3.63) is 41.2 Å². The van der Waals surface area contributed by atoms with Crippen LogP contribution in [0.5, 0.6) is 0 Å². The van der Waals surface area contributed by atoms with E-state index in [1.165, 1.54) is 32.1 Å². The molecule has 3 rings (SSSR count). The normalized spacial score (nSPS) is 16.0. The molecule has 1 aliphatic carbocycles. The van der Waals surface area contributed by atoms with E-state index in [0.717, 1.165) is 11.1 Å². The molecule has 20 heavy (non-hydrogen) atoms. The topological polar surface area (TPSA) is 41.6 Å². The van der Waals surface area contributed by atoms with Gasteiger partial charge in [-0.15, -0.1) is 0 Å². The molecule has 0 saturated heterocycles. The van der Waals surface area contributed by atoms with Gasteiger partial charge in [0, 0.05) is 16.8 Å². The first kappa shape index (κ1) is 13.2. The molecule has 4 heteroatoms. The van der Waals surface area contributed by atoms with Crippen molar-refractivity contribution >= 4 is 11.6 Å². The van der Waals surface area contributed by atoms with Gasteiger partial charge < -0.3 is 0 Å². The Balaban J connectivity index is 1.90. The summed E-state index contributed by atoms with van der Waals surface area (Å²) in [4.78, 5) is 0. The fourth-order valence-electron chi connectivity index (χ4n) is 2.85. The summed E-state index contributed by atoms with van der Waals surface area (Å²) in [6.07, 6.45) is 10.3. The first-order valence-electron chi connectivity index (χ1n) is 7.01. The Morgan fingerprint density at radius 3 is 2.70 bits per heavy atom. The number of hydrogen-bond donors (Lipinski definition) is 0. The second-order valence-corrected chi connectivity index (χ2v) is 5.78. The van der Waals surface area contributed by atoms with Gasteiger partial charge in [-0.05, 0) is 36.6 Å². The molecular formula is C16H16ClN3. The molecule has 102 valence electrons. The average Bonchev–Trinajstić information content (AvgIpc) is 2.97. The Labute approximate surface area is 123 Å². The van der Waals surface area contributed by atoms with Crippen LogP contribution < -0.4 is 0 Å². The molecule has 0 N–H and O–H groups in total. The monoisotopic (exact) mass is 285 g/mol. The Bertz CT molecular complexity index is 648. The van der Waals surface area contributed by atoms with E-state index in [0.29, 0.717) is 16.6 Å². The average molecular weight is 286 g/mol. The summed E-state index contributed by atoms with van der Waals surface area (Å²) >= 11 is 6.06. The maximum absolute atomic E-state index is 9.01. The molecule has 1 aromatic heterocycles. The van der Waals surface area contributed by atoms with Crippen LogP contribution in [-0.2, 0) is 0 Å². The lowest BCUT2D eigenvalue weighted by molar-refractivity contribution is 0.329. The fourth-order valence-corrected chi connectivity index (χ4v) is 3.09.